The number of rotatable bonds is 2. The molecule has 2 rings (SSSR count). The average molecular weight is 294 g/mol. The smallest absolute Gasteiger partial charge is 0.113 e. The molecule has 0 aliphatic heterocycles. The third-order valence-corrected chi connectivity index (χ3v) is 3.91. The third-order valence-electron chi connectivity index (χ3n) is 2.95. The Bertz CT molecular complexity index is 608. The molecule has 0 heterocycles. The highest BCUT2D eigenvalue weighted by atomic mass is 35.5. The topological polar surface area (TPSA) is 50.7 Å². The number of hydrogen-bond acceptors (Lipinski definition) is 3. The Labute approximate surface area is 122 Å². The second-order valence-electron chi connectivity index (χ2n) is 4.18. The van der Waals surface area contributed by atoms with E-state index in [-0.39, 0.29) is 0 Å². The molecule has 3 nitrogen and oxygen atoms in total. The Morgan fingerprint density at radius 1 is 0.895 bits per heavy atom. The Kier molecular flexibility index (Phi) is 4.08. The van der Waals surface area contributed by atoms with Gasteiger partial charge in [-0.15, -0.1) is 5.11 Å². The van der Waals surface area contributed by atoms with Gasteiger partial charge in [-0.25, -0.2) is 0 Å². The van der Waals surface area contributed by atoms with Crippen molar-refractivity contribution in [3.8, 4) is 0 Å². The van der Waals surface area contributed by atoms with Crippen molar-refractivity contribution in [1.82, 2.24) is 0 Å². The Hall–Kier alpha value is -1.58. The molecule has 0 aliphatic rings. The van der Waals surface area contributed by atoms with Crippen molar-refractivity contribution in [2.24, 2.45) is 10.2 Å². The summed E-state index contributed by atoms with van der Waals surface area (Å²) >= 11 is 12.2. The van der Waals surface area contributed by atoms with Crippen LogP contribution in [-0.2, 0) is 0 Å². The zero-order chi connectivity index (χ0) is 14.0. The van der Waals surface area contributed by atoms with Crippen molar-refractivity contribution in [3.63, 3.8) is 0 Å². The lowest BCUT2D eigenvalue weighted by atomic mass is 10.1. The van der Waals surface area contributed by atoms with Gasteiger partial charge in [0.1, 0.15) is 5.69 Å². The molecule has 0 fully saturated rings. The van der Waals surface area contributed by atoms with E-state index < -0.39 is 0 Å². The fourth-order valence-electron chi connectivity index (χ4n) is 1.66. The molecule has 0 atom stereocenters. The van der Waals surface area contributed by atoms with Gasteiger partial charge in [0.2, 0.25) is 0 Å². The van der Waals surface area contributed by atoms with Gasteiger partial charge in [0, 0.05) is 0 Å². The molecule has 0 saturated carbocycles. The van der Waals surface area contributed by atoms with Gasteiger partial charge < -0.3 is 5.73 Å². The first-order valence-corrected chi connectivity index (χ1v) is 6.48. The van der Waals surface area contributed by atoms with E-state index in [1.54, 1.807) is 0 Å². The Morgan fingerprint density at radius 2 is 1.53 bits per heavy atom. The quantitative estimate of drug-likeness (QED) is 0.568. The van der Waals surface area contributed by atoms with E-state index in [1.165, 1.54) is 0 Å². The van der Waals surface area contributed by atoms with Gasteiger partial charge in [-0.1, -0.05) is 41.4 Å². The van der Waals surface area contributed by atoms with E-state index in [0.717, 1.165) is 16.8 Å². The molecule has 98 valence electrons. The lowest BCUT2D eigenvalue weighted by Gasteiger charge is -2.11. The molecular formula is C14H13Cl2N3. The van der Waals surface area contributed by atoms with Crippen LogP contribution in [0.3, 0.4) is 0 Å². The normalized spacial score (nSPS) is 11.2. The Morgan fingerprint density at radius 3 is 2.16 bits per heavy atom. The summed E-state index contributed by atoms with van der Waals surface area (Å²) < 4.78 is 0. The van der Waals surface area contributed by atoms with Crippen molar-refractivity contribution < 1.29 is 0 Å². The number of azo groups is 1. The number of nitrogen functional groups attached to an aromatic ring is 1. The van der Waals surface area contributed by atoms with Crippen LogP contribution in [0.2, 0.25) is 10.0 Å². The van der Waals surface area contributed by atoms with Crippen molar-refractivity contribution >= 4 is 40.3 Å². The van der Waals surface area contributed by atoms with Crippen molar-refractivity contribution in [2.45, 2.75) is 13.8 Å². The van der Waals surface area contributed by atoms with Crippen LogP contribution >= 0.6 is 23.2 Å². The van der Waals surface area contributed by atoms with Gasteiger partial charge in [-0.2, -0.15) is 5.11 Å². The predicted octanol–water partition coefficient (Wildman–Crippen LogP) is 5.61. The van der Waals surface area contributed by atoms with Crippen LogP contribution in [0.1, 0.15) is 11.1 Å². The van der Waals surface area contributed by atoms with E-state index in [1.807, 2.05) is 44.2 Å². The molecule has 0 radical (unpaired) electrons. The van der Waals surface area contributed by atoms with E-state index in [9.17, 15) is 0 Å². The summed E-state index contributed by atoms with van der Waals surface area (Å²) in [5.41, 5.74) is 9.37. The van der Waals surface area contributed by atoms with Gasteiger partial charge in [-0.05, 0) is 37.1 Å². The summed E-state index contributed by atoms with van der Waals surface area (Å²) in [6.07, 6.45) is 0. The first-order chi connectivity index (χ1) is 9.02. The molecule has 0 saturated heterocycles. The maximum atomic E-state index is 6.09. The summed E-state index contributed by atoms with van der Waals surface area (Å²) in [7, 11) is 0. The number of nitrogens with two attached hydrogens (primary N) is 1. The van der Waals surface area contributed by atoms with Crippen LogP contribution in [0.5, 0.6) is 0 Å². The summed E-state index contributed by atoms with van der Waals surface area (Å²) in [6, 6.07) is 9.43. The highest BCUT2D eigenvalue weighted by molar-refractivity contribution is 6.44. The molecule has 0 unspecified atom stereocenters. The first-order valence-electron chi connectivity index (χ1n) is 5.72. The Balaban J connectivity index is 2.50. The fourth-order valence-corrected chi connectivity index (χ4v) is 2.14. The van der Waals surface area contributed by atoms with Crippen molar-refractivity contribution in [3.05, 3.63) is 51.5 Å². The minimum absolute atomic E-state index is 0.326. The highest BCUT2D eigenvalue weighted by Crippen LogP contribution is 2.41. The second-order valence-corrected chi connectivity index (χ2v) is 4.93. The molecular weight excluding hydrogens is 281 g/mol. The van der Waals surface area contributed by atoms with E-state index >= 15 is 0 Å². The summed E-state index contributed by atoms with van der Waals surface area (Å²) in [4.78, 5) is 0. The van der Waals surface area contributed by atoms with Crippen molar-refractivity contribution in [1.29, 1.82) is 0 Å². The summed E-state index contributed by atoms with van der Waals surface area (Å²) in [5.74, 6) is 0. The number of benzene rings is 2. The lowest BCUT2D eigenvalue weighted by molar-refractivity contribution is 1.20. The van der Waals surface area contributed by atoms with Gasteiger partial charge >= 0.3 is 0 Å². The predicted molar refractivity (Wildman–Crippen MR) is 81.0 cm³/mol. The monoisotopic (exact) mass is 293 g/mol. The molecule has 0 amide bonds. The summed E-state index contributed by atoms with van der Waals surface area (Å²) in [6.45, 7) is 3.78. The molecule has 2 aromatic rings. The van der Waals surface area contributed by atoms with Crippen LogP contribution < -0.4 is 5.73 Å². The first kappa shape index (κ1) is 13.8. The summed E-state index contributed by atoms with van der Waals surface area (Å²) in [5, 5.41) is 9.14. The third kappa shape index (κ3) is 2.72. The maximum Gasteiger partial charge on any atom is 0.113 e. The largest absolute Gasteiger partial charge is 0.396 e. The fraction of sp³-hybridized carbons (Fsp3) is 0.143. The second kappa shape index (κ2) is 5.59. The van der Waals surface area contributed by atoms with Gasteiger partial charge in [-0.3, -0.25) is 0 Å². The lowest BCUT2D eigenvalue weighted by Crippen LogP contribution is -1.94. The molecule has 5 heteroatoms. The molecule has 19 heavy (non-hydrogen) atoms. The van der Waals surface area contributed by atoms with Crippen LogP contribution in [0, 0.1) is 13.8 Å². The molecule has 0 bridgehead atoms. The van der Waals surface area contributed by atoms with Crippen LogP contribution in [0.15, 0.2) is 40.6 Å². The molecule has 0 spiro atoms. The van der Waals surface area contributed by atoms with Crippen LogP contribution in [0.25, 0.3) is 0 Å². The van der Waals surface area contributed by atoms with Crippen LogP contribution in [-0.4, -0.2) is 0 Å². The van der Waals surface area contributed by atoms with Gasteiger partial charge in [0.15, 0.2) is 0 Å². The standard InChI is InChI=1S/C14H13Cl2N3/c1-8-9(2)14(13(17)12(16)11(8)15)19-18-10-6-4-3-5-7-10/h3-7H,17H2,1-2H3. The maximum absolute atomic E-state index is 6.09. The number of anilines is 1. The molecule has 0 aromatic heterocycles. The molecule has 0 aliphatic carbocycles. The minimum atomic E-state index is 0.326. The highest BCUT2D eigenvalue weighted by Gasteiger charge is 2.15. The molecule has 2 N–H and O–H groups in total. The van der Waals surface area contributed by atoms with E-state index in [0.29, 0.717) is 21.4 Å². The zero-order valence-corrected chi connectivity index (χ0v) is 12.1. The van der Waals surface area contributed by atoms with E-state index in [2.05, 4.69) is 10.2 Å². The van der Waals surface area contributed by atoms with E-state index in [4.69, 9.17) is 28.9 Å². The van der Waals surface area contributed by atoms with Gasteiger partial charge in [0.25, 0.3) is 0 Å². The SMILES string of the molecule is Cc1c(C)c(N=Nc2ccccc2)c(N)c(Cl)c1Cl. The zero-order valence-electron chi connectivity index (χ0n) is 10.6. The number of hydrogen-bond donors (Lipinski definition) is 1. The number of nitrogens with zero attached hydrogens (tertiary/aromatic N) is 2. The minimum Gasteiger partial charge on any atom is -0.396 e. The van der Waals surface area contributed by atoms with Crippen molar-refractivity contribution in [2.75, 3.05) is 5.73 Å². The van der Waals surface area contributed by atoms with Gasteiger partial charge in [0.05, 0.1) is 21.4 Å². The average Bonchev–Trinajstić information content (AvgIpc) is 2.44. The molecule has 2 aromatic carbocycles. The van der Waals surface area contributed by atoms with Crippen LogP contribution in [0.4, 0.5) is 17.1 Å². The number of halogens is 2.